The lowest BCUT2D eigenvalue weighted by atomic mass is 9.88. The van der Waals surface area contributed by atoms with E-state index in [0.29, 0.717) is 32.6 Å². The van der Waals surface area contributed by atoms with Crippen LogP contribution in [0.5, 0.6) is 0 Å². The van der Waals surface area contributed by atoms with Crippen LogP contribution in [0.4, 0.5) is 5.69 Å². The van der Waals surface area contributed by atoms with Crippen LogP contribution in [0.2, 0.25) is 0 Å². The Morgan fingerprint density at radius 2 is 2.00 bits per heavy atom. The van der Waals surface area contributed by atoms with E-state index in [1.807, 2.05) is 24.3 Å². The van der Waals surface area contributed by atoms with Gasteiger partial charge < -0.3 is 20.5 Å². The molecule has 1 aromatic carbocycles. The van der Waals surface area contributed by atoms with E-state index in [-0.39, 0.29) is 11.8 Å². The second-order valence-electron chi connectivity index (χ2n) is 5.51. The molecule has 6 nitrogen and oxygen atoms in total. The van der Waals surface area contributed by atoms with Crippen molar-refractivity contribution < 1.29 is 19.4 Å². The highest BCUT2D eigenvalue weighted by molar-refractivity contribution is 5.93. The molecular weight excluding hydrogens is 272 g/mol. The van der Waals surface area contributed by atoms with Crippen LogP contribution in [0.25, 0.3) is 0 Å². The number of anilines is 1. The summed E-state index contributed by atoms with van der Waals surface area (Å²) in [6.45, 7) is 1.20. The van der Waals surface area contributed by atoms with Gasteiger partial charge in [0.05, 0.1) is 5.92 Å². The molecule has 1 unspecified atom stereocenters. The summed E-state index contributed by atoms with van der Waals surface area (Å²) in [5.74, 6) is -1.57. The average Bonchev–Trinajstić information content (AvgIpc) is 2.92. The maximum Gasteiger partial charge on any atom is 0.329 e. The summed E-state index contributed by atoms with van der Waals surface area (Å²) in [6.07, 6.45) is 0.603. The molecule has 2 heterocycles. The number of aliphatic carboxylic acids is 1. The third kappa shape index (κ3) is 2.47. The summed E-state index contributed by atoms with van der Waals surface area (Å²) in [5.41, 5.74) is 0.656. The lowest BCUT2D eigenvalue weighted by molar-refractivity contribution is -0.152. The van der Waals surface area contributed by atoms with Crippen LogP contribution in [-0.2, 0) is 14.3 Å². The molecule has 2 aliphatic heterocycles. The Bertz CT molecular complexity index is 567. The van der Waals surface area contributed by atoms with Crippen LogP contribution in [-0.4, -0.2) is 42.3 Å². The van der Waals surface area contributed by atoms with Crippen molar-refractivity contribution >= 4 is 17.6 Å². The molecule has 0 aliphatic carbocycles. The summed E-state index contributed by atoms with van der Waals surface area (Å²) in [7, 11) is 0. The van der Waals surface area contributed by atoms with E-state index < -0.39 is 11.5 Å². The Kier molecular flexibility index (Phi) is 3.55. The third-order valence-electron chi connectivity index (χ3n) is 4.27. The van der Waals surface area contributed by atoms with E-state index in [4.69, 9.17) is 4.74 Å². The first-order valence-electron chi connectivity index (χ1n) is 7.08. The van der Waals surface area contributed by atoms with Gasteiger partial charge in [0.15, 0.2) is 0 Å². The van der Waals surface area contributed by atoms with Crippen molar-refractivity contribution in [3.63, 3.8) is 0 Å². The number of para-hydroxylation sites is 1. The monoisotopic (exact) mass is 290 g/mol. The van der Waals surface area contributed by atoms with Crippen LogP contribution in [0.3, 0.4) is 0 Å². The van der Waals surface area contributed by atoms with Gasteiger partial charge in [-0.25, -0.2) is 4.79 Å². The number of nitrogens with one attached hydrogen (secondary N) is 2. The predicted octanol–water partition coefficient (Wildman–Crippen LogP) is 0.946. The molecule has 112 valence electrons. The van der Waals surface area contributed by atoms with Gasteiger partial charge in [0.2, 0.25) is 5.91 Å². The zero-order valence-electron chi connectivity index (χ0n) is 11.6. The highest BCUT2D eigenvalue weighted by atomic mass is 16.5. The number of amides is 1. The lowest BCUT2D eigenvalue weighted by Gasteiger charge is -2.34. The minimum Gasteiger partial charge on any atom is -0.480 e. The molecule has 2 aliphatic rings. The van der Waals surface area contributed by atoms with Crippen molar-refractivity contribution in [3.8, 4) is 0 Å². The maximum atomic E-state index is 12.5. The topological polar surface area (TPSA) is 87.7 Å². The highest BCUT2D eigenvalue weighted by Gasteiger charge is 2.43. The zero-order valence-corrected chi connectivity index (χ0v) is 11.6. The fourth-order valence-corrected chi connectivity index (χ4v) is 2.95. The molecule has 3 rings (SSSR count). The van der Waals surface area contributed by atoms with Crippen molar-refractivity contribution in [2.45, 2.75) is 24.3 Å². The first-order valence-corrected chi connectivity index (χ1v) is 7.08. The molecule has 0 saturated carbocycles. The number of ether oxygens (including phenoxy) is 1. The Morgan fingerprint density at radius 1 is 1.29 bits per heavy atom. The van der Waals surface area contributed by atoms with Gasteiger partial charge in [-0.2, -0.15) is 0 Å². The van der Waals surface area contributed by atoms with Crippen LogP contribution in [0.15, 0.2) is 24.3 Å². The second-order valence-corrected chi connectivity index (χ2v) is 5.51. The number of rotatable bonds is 3. The number of carbonyl (C=O) groups is 2. The number of fused-ring (bicyclic) bond motifs is 1. The summed E-state index contributed by atoms with van der Waals surface area (Å²) in [6, 6.07) is 7.61. The Morgan fingerprint density at radius 3 is 2.71 bits per heavy atom. The normalized spacial score (nSPS) is 23.0. The van der Waals surface area contributed by atoms with Gasteiger partial charge in [-0.15, -0.1) is 0 Å². The predicted molar refractivity (Wildman–Crippen MR) is 76.2 cm³/mol. The quantitative estimate of drug-likeness (QED) is 0.771. The first kappa shape index (κ1) is 13.9. The van der Waals surface area contributed by atoms with Gasteiger partial charge in [-0.1, -0.05) is 18.2 Å². The number of hydrogen-bond donors (Lipinski definition) is 3. The van der Waals surface area contributed by atoms with E-state index in [1.54, 1.807) is 0 Å². The SMILES string of the molecule is O=C(NC1(C(=O)O)CCOCC1)C1CNc2ccccc21. The van der Waals surface area contributed by atoms with E-state index >= 15 is 0 Å². The van der Waals surface area contributed by atoms with Crippen LogP contribution in [0.1, 0.15) is 24.3 Å². The van der Waals surface area contributed by atoms with Crippen molar-refractivity contribution in [2.75, 3.05) is 25.1 Å². The van der Waals surface area contributed by atoms with Gasteiger partial charge in [0, 0.05) is 38.3 Å². The minimum atomic E-state index is -1.20. The van der Waals surface area contributed by atoms with Gasteiger partial charge in [-0.05, 0) is 11.6 Å². The average molecular weight is 290 g/mol. The van der Waals surface area contributed by atoms with E-state index in [9.17, 15) is 14.7 Å². The molecule has 0 aromatic heterocycles. The summed E-state index contributed by atoms with van der Waals surface area (Å²) >= 11 is 0. The molecule has 1 atom stereocenters. The molecule has 1 fully saturated rings. The first-order chi connectivity index (χ1) is 10.1. The standard InChI is InChI=1S/C15H18N2O4/c18-13(11-9-16-12-4-2-1-3-10(11)12)17-15(14(19)20)5-7-21-8-6-15/h1-4,11,16H,5-9H2,(H,17,18)(H,19,20). The minimum absolute atomic E-state index is 0.239. The number of benzene rings is 1. The Labute approximate surface area is 122 Å². The molecule has 3 N–H and O–H groups in total. The summed E-state index contributed by atoms with van der Waals surface area (Å²) in [4.78, 5) is 24.1. The highest BCUT2D eigenvalue weighted by Crippen LogP contribution is 2.32. The fourth-order valence-electron chi connectivity index (χ4n) is 2.95. The van der Waals surface area contributed by atoms with Gasteiger partial charge >= 0.3 is 5.97 Å². The summed E-state index contributed by atoms with van der Waals surface area (Å²) in [5, 5.41) is 15.4. The third-order valence-corrected chi connectivity index (χ3v) is 4.27. The van der Waals surface area contributed by atoms with E-state index in [0.717, 1.165) is 11.3 Å². The lowest BCUT2D eigenvalue weighted by Crippen LogP contribution is -2.58. The van der Waals surface area contributed by atoms with E-state index in [1.165, 1.54) is 0 Å². The zero-order chi connectivity index (χ0) is 14.9. The van der Waals surface area contributed by atoms with E-state index in [2.05, 4.69) is 10.6 Å². The smallest absolute Gasteiger partial charge is 0.329 e. The fraction of sp³-hybridized carbons (Fsp3) is 0.467. The van der Waals surface area contributed by atoms with Crippen LogP contribution < -0.4 is 10.6 Å². The van der Waals surface area contributed by atoms with Crippen LogP contribution in [0, 0.1) is 0 Å². The molecular formula is C15H18N2O4. The van der Waals surface area contributed by atoms with Crippen LogP contribution >= 0.6 is 0 Å². The number of carbonyl (C=O) groups excluding carboxylic acids is 1. The second kappa shape index (κ2) is 5.37. The van der Waals surface area contributed by atoms with Gasteiger partial charge in [-0.3, -0.25) is 4.79 Å². The number of carboxylic acids is 1. The molecule has 0 spiro atoms. The van der Waals surface area contributed by atoms with Crippen molar-refractivity contribution in [1.29, 1.82) is 0 Å². The molecule has 6 heteroatoms. The maximum absolute atomic E-state index is 12.5. The number of carboxylic acid groups (broad SMARTS) is 1. The molecule has 0 bridgehead atoms. The van der Waals surface area contributed by atoms with Crippen molar-refractivity contribution in [1.82, 2.24) is 5.32 Å². The molecule has 1 aromatic rings. The van der Waals surface area contributed by atoms with Crippen molar-refractivity contribution in [3.05, 3.63) is 29.8 Å². The van der Waals surface area contributed by atoms with Gasteiger partial charge in [0.1, 0.15) is 5.54 Å². The Balaban J connectivity index is 1.78. The molecule has 0 radical (unpaired) electrons. The van der Waals surface area contributed by atoms with Gasteiger partial charge in [0.25, 0.3) is 0 Å². The van der Waals surface area contributed by atoms with Crippen molar-refractivity contribution in [2.24, 2.45) is 0 Å². The molecule has 21 heavy (non-hydrogen) atoms. The molecule has 1 saturated heterocycles. The largest absolute Gasteiger partial charge is 0.480 e. The molecule has 1 amide bonds. The number of hydrogen-bond acceptors (Lipinski definition) is 4. The summed E-state index contributed by atoms with van der Waals surface area (Å²) < 4.78 is 5.21. The Hall–Kier alpha value is -2.08.